The van der Waals surface area contributed by atoms with E-state index in [0.717, 1.165) is 0 Å². The van der Waals surface area contributed by atoms with Gasteiger partial charge in [0.2, 0.25) is 0 Å². The fourth-order valence-corrected chi connectivity index (χ4v) is 1.84. The van der Waals surface area contributed by atoms with Crippen molar-refractivity contribution in [1.29, 1.82) is 0 Å². The summed E-state index contributed by atoms with van der Waals surface area (Å²) in [5.41, 5.74) is 0.668. The van der Waals surface area contributed by atoms with Crippen LogP contribution in [0.5, 0.6) is 5.75 Å². The molecule has 0 heterocycles. The normalized spacial score (nSPS) is 10.5. The van der Waals surface area contributed by atoms with Gasteiger partial charge in [-0.15, -0.1) is 11.6 Å². The van der Waals surface area contributed by atoms with Crippen LogP contribution >= 0.6 is 31.8 Å². The molecule has 0 fully saturated rings. The van der Waals surface area contributed by atoms with Crippen LogP contribution < -0.4 is 9.42 Å². The molecule has 0 saturated heterocycles. The Hall–Kier alpha value is -0.250. The van der Waals surface area contributed by atoms with Gasteiger partial charge in [-0.2, -0.15) is 0 Å². The van der Waals surface area contributed by atoms with Crippen LogP contribution in [0.25, 0.3) is 0 Å². The summed E-state index contributed by atoms with van der Waals surface area (Å²) in [5.74, 6) is 0.224. The summed E-state index contributed by atoms with van der Waals surface area (Å²) in [6, 6.07) is 5.28. The summed E-state index contributed by atoms with van der Waals surface area (Å²) in [7, 11) is -0.702. The zero-order valence-electron chi connectivity index (χ0n) is 7.89. The number of anilines is 1. The second-order valence-corrected chi connectivity index (χ2v) is 4.06. The number of alkyl halides is 1. The third-order valence-electron chi connectivity index (χ3n) is 1.71. The van der Waals surface area contributed by atoms with E-state index in [9.17, 15) is 0 Å². The van der Waals surface area contributed by atoms with Crippen molar-refractivity contribution in [1.82, 2.24) is 0 Å². The van der Waals surface area contributed by atoms with Crippen LogP contribution in [0.4, 0.5) is 5.69 Å². The second-order valence-electron chi connectivity index (χ2n) is 2.75. The first-order valence-corrected chi connectivity index (χ1v) is 6.05. The first kappa shape index (κ1) is 12.8. The third kappa shape index (κ3) is 3.37. The molecule has 0 aliphatic rings. The summed E-state index contributed by atoms with van der Waals surface area (Å²) < 4.78 is 4.75. The van der Waals surface area contributed by atoms with Crippen LogP contribution in [0.2, 0.25) is 5.02 Å². The van der Waals surface area contributed by atoms with Crippen LogP contribution in [-0.2, 0) is 0 Å². The predicted molar refractivity (Wildman–Crippen MR) is 62.6 cm³/mol. The van der Waals surface area contributed by atoms with E-state index in [2.05, 4.69) is 0 Å². The Bertz CT molecular complexity index is 338. The second kappa shape index (κ2) is 5.73. The molecule has 84 valence electrons. The molecule has 0 spiro atoms. The SMILES string of the molecule is CN(CCl)c1cccc(OP(O)O)c1Cl. The summed E-state index contributed by atoms with van der Waals surface area (Å²) >= 11 is 11.6. The van der Waals surface area contributed by atoms with Crippen molar-refractivity contribution in [2.45, 2.75) is 0 Å². The van der Waals surface area contributed by atoms with Crippen molar-refractivity contribution in [2.24, 2.45) is 0 Å². The van der Waals surface area contributed by atoms with Crippen LogP contribution in [0.1, 0.15) is 0 Å². The summed E-state index contributed by atoms with van der Waals surface area (Å²) in [6.45, 7) is 0. The maximum absolute atomic E-state index is 8.72. The zero-order valence-corrected chi connectivity index (χ0v) is 10.3. The van der Waals surface area contributed by atoms with Crippen LogP contribution in [0.15, 0.2) is 18.2 Å². The molecule has 1 aromatic carbocycles. The first-order valence-electron chi connectivity index (χ1n) is 3.97. The molecule has 0 unspecified atom stereocenters. The van der Waals surface area contributed by atoms with E-state index in [-0.39, 0.29) is 11.8 Å². The standard InChI is InChI=1S/C8H10Cl2NO3P/c1-11(5-9)6-3-2-4-7(8(6)10)14-15(12)13/h2-4,12-13H,5H2,1H3. The van der Waals surface area contributed by atoms with Crippen molar-refractivity contribution in [2.75, 3.05) is 18.0 Å². The minimum absolute atomic E-state index is 0.224. The Balaban J connectivity index is 3.00. The van der Waals surface area contributed by atoms with E-state index in [1.54, 1.807) is 30.1 Å². The maximum Gasteiger partial charge on any atom is 0.391 e. The van der Waals surface area contributed by atoms with Gasteiger partial charge in [-0.05, 0) is 12.1 Å². The molecule has 0 radical (unpaired) electrons. The summed E-state index contributed by atoms with van der Waals surface area (Å²) in [4.78, 5) is 19.1. The average molecular weight is 270 g/mol. The topological polar surface area (TPSA) is 52.9 Å². The fraction of sp³-hybridized carbons (Fsp3) is 0.250. The third-order valence-corrected chi connectivity index (χ3v) is 2.81. The zero-order chi connectivity index (χ0) is 11.4. The van der Waals surface area contributed by atoms with E-state index in [0.29, 0.717) is 10.7 Å². The van der Waals surface area contributed by atoms with Gasteiger partial charge in [0.05, 0.1) is 11.7 Å². The van der Waals surface area contributed by atoms with Gasteiger partial charge >= 0.3 is 8.60 Å². The molecule has 1 aromatic rings. The van der Waals surface area contributed by atoms with Gasteiger partial charge in [0.15, 0.2) is 0 Å². The highest BCUT2D eigenvalue weighted by Crippen LogP contribution is 2.39. The minimum atomic E-state index is -2.46. The van der Waals surface area contributed by atoms with E-state index < -0.39 is 8.60 Å². The molecule has 0 atom stereocenters. The van der Waals surface area contributed by atoms with Gasteiger partial charge in [0, 0.05) is 7.05 Å². The molecule has 0 amide bonds. The number of halogens is 2. The van der Waals surface area contributed by atoms with E-state index in [4.69, 9.17) is 37.5 Å². The van der Waals surface area contributed by atoms with Crippen LogP contribution in [0, 0.1) is 0 Å². The molecular formula is C8H10Cl2NO3P. The lowest BCUT2D eigenvalue weighted by molar-refractivity contribution is 0.375. The molecule has 0 aliphatic heterocycles. The van der Waals surface area contributed by atoms with Crippen molar-refractivity contribution in [3.8, 4) is 5.75 Å². The molecule has 2 N–H and O–H groups in total. The molecule has 0 bridgehead atoms. The van der Waals surface area contributed by atoms with Gasteiger partial charge in [-0.1, -0.05) is 17.7 Å². The Morgan fingerprint density at radius 1 is 1.47 bits per heavy atom. The van der Waals surface area contributed by atoms with E-state index in [1.165, 1.54) is 0 Å². The number of nitrogens with zero attached hydrogens (tertiary/aromatic N) is 1. The van der Waals surface area contributed by atoms with Crippen LogP contribution in [0.3, 0.4) is 0 Å². The largest absolute Gasteiger partial charge is 0.425 e. The highest BCUT2D eigenvalue weighted by Gasteiger charge is 2.12. The molecule has 15 heavy (non-hydrogen) atoms. The number of hydrogen-bond donors (Lipinski definition) is 2. The van der Waals surface area contributed by atoms with Crippen molar-refractivity contribution in [3.63, 3.8) is 0 Å². The summed E-state index contributed by atoms with van der Waals surface area (Å²) in [6.07, 6.45) is 0. The Morgan fingerprint density at radius 2 is 2.13 bits per heavy atom. The Kier molecular flexibility index (Phi) is 4.90. The minimum Gasteiger partial charge on any atom is -0.425 e. The van der Waals surface area contributed by atoms with E-state index >= 15 is 0 Å². The van der Waals surface area contributed by atoms with Crippen molar-refractivity contribution < 1.29 is 14.3 Å². The van der Waals surface area contributed by atoms with Gasteiger partial charge in [0.25, 0.3) is 0 Å². The molecule has 0 aliphatic carbocycles. The van der Waals surface area contributed by atoms with Gasteiger partial charge in [0.1, 0.15) is 10.8 Å². The summed E-state index contributed by atoms with van der Waals surface area (Å²) in [5, 5.41) is 0.302. The Morgan fingerprint density at radius 3 is 2.67 bits per heavy atom. The highest BCUT2D eigenvalue weighted by molar-refractivity contribution is 7.39. The number of benzene rings is 1. The fourth-order valence-electron chi connectivity index (χ4n) is 1.02. The molecule has 1 rings (SSSR count). The monoisotopic (exact) mass is 269 g/mol. The Labute approximate surface area is 99.0 Å². The lowest BCUT2D eigenvalue weighted by Gasteiger charge is -2.18. The molecule has 0 aromatic heterocycles. The highest BCUT2D eigenvalue weighted by atomic mass is 35.5. The van der Waals surface area contributed by atoms with Gasteiger partial charge in [-0.25, -0.2) is 0 Å². The number of rotatable bonds is 4. The molecule has 7 heteroatoms. The van der Waals surface area contributed by atoms with Crippen molar-refractivity contribution in [3.05, 3.63) is 23.2 Å². The molecular weight excluding hydrogens is 260 g/mol. The molecule has 4 nitrogen and oxygen atoms in total. The average Bonchev–Trinajstić information content (AvgIpc) is 2.19. The van der Waals surface area contributed by atoms with Crippen LogP contribution in [-0.4, -0.2) is 22.8 Å². The predicted octanol–water partition coefficient (Wildman–Crippen LogP) is 2.56. The molecule has 0 saturated carbocycles. The van der Waals surface area contributed by atoms with Crippen molar-refractivity contribution >= 4 is 37.5 Å². The van der Waals surface area contributed by atoms with Gasteiger partial charge < -0.3 is 19.2 Å². The smallest absolute Gasteiger partial charge is 0.391 e. The lowest BCUT2D eigenvalue weighted by Crippen LogP contribution is -2.14. The maximum atomic E-state index is 8.72. The quantitative estimate of drug-likeness (QED) is 0.501. The first-order chi connectivity index (χ1) is 7.06. The van der Waals surface area contributed by atoms with Gasteiger partial charge in [-0.3, -0.25) is 0 Å². The lowest BCUT2D eigenvalue weighted by atomic mass is 10.3. The number of hydrogen-bond acceptors (Lipinski definition) is 4. The van der Waals surface area contributed by atoms with E-state index in [1.807, 2.05) is 0 Å².